The zero-order chi connectivity index (χ0) is 15.4. The van der Waals surface area contributed by atoms with E-state index in [-0.39, 0.29) is 12.5 Å². The predicted molar refractivity (Wildman–Crippen MR) is 89.2 cm³/mol. The fourth-order valence-electron chi connectivity index (χ4n) is 2.00. The highest BCUT2D eigenvalue weighted by atomic mass is 35.5. The van der Waals surface area contributed by atoms with Crippen LogP contribution in [0.5, 0.6) is 0 Å². The predicted octanol–water partition coefficient (Wildman–Crippen LogP) is 4.32. The molecule has 110 valence electrons. The molecular weight excluding hydrogens is 284 g/mol. The number of halogens is 1. The van der Waals surface area contributed by atoms with Gasteiger partial charge in [-0.15, -0.1) is 0 Å². The molecule has 1 amide bonds. The van der Waals surface area contributed by atoms with Crippen molar-refractivity contribution in [1.82, 2.24) is 0 Å². The van der Waals surface area contributed by atoms with Crippen LogP contribution in [-0.2, 0) is 4.79 Å². The number of carbonyl (C=O) groups is 1. The fourth-order valence-corrected chi connectivity index (χ4v) is 2.17. The Morgan fingerprint density at radius 2 is 1.86 bits per heavy atom. The number of hydrogen-bond acceptors (Lipinski definition) is 2. The third kappa shape index (κ3) is 3.99. The van der Waals surface area contributed by atoms with Crippen molar-refractivity contribution in [3.8, 4) is 0 Å². The Hall–Kier alpha value is -2.00. The van der Waals surface area contributed by atoms with E-state index in [0.717, 1.165) is 22.5 Å². The Bertz CT molecular complexity index is 668. The molecule has 0 aliphatic rings. The van der Waals surface area contributed by atoms with Crippen LogP contribution in [0.25, 0.3) is 0 Å². The minimum absolute atomic E-state index is 0.0855. The minimum Gasteiger partial charge on any atom is -0.376 e. The second-order valence-corrected chi connectivity index (χ2v) is 5.52. The zero-order valence-electron chi connectivity index (χ0n) is 12.5. The van der Waals surface area contributed by atoms with Crippen LogP contribution in [-0.4, -0.2) is 12.5 Å². The van der Waals surface area contributed by atoms with Gasteiger partial charge in [-0.2, -0.15) is 0 Å². The van der Waals surface area contributed by atoms with Crippen LogP contribution in [0.3, 0.4) is 0 Å². The molecule has 0 aliphatic carbocycles. The van der Waals surface area contributed by atoms with E-state index >= 15 is 0 Å². The topological polar surface area (TPSA) is 41.1 Å². The summed E-state index contributed by atoms with van der Waals surface area (Å²) in [6.07, 6.45) is 0. The molecule has 0 atom stereocenters. The maximum atomic E-state index is 12.0. The quantitative estimate of drug-likeness (QED) is 0.883. The monoisotopic (exact) mass is 302 g/mol. The van der Waals surface area contributed by atoms with Crippen LogP contribution < -0.4 is 10.6 Å². The highest BCUT2D eigenvalue weighted by molar-refractivity contribution is 6.31. The smallest absolute Gasteiger partial charge is 0.243 e. The van der Waals surface area contributed by atoms with E-state index in [2.05, 4.69) is 10.6 Å². The molecule has 2 rings (SSSR count). The molecule has 4 heteroatoms. The third-order valence-electron chi connectivity index (χ3n) is 3.50. The molecule has 0 saturated carbocycles. The van der Waals surface area contributed by atoms with Crippen LogP contribution >= 0.6 is 11.6 Å². The van der Waals surface area contributed by atoms with E-state index in [1.807, 2.05) is 57.2 Å². The van der Waals surface area contributed by atoms with Gasteiger partial charge in [-0.1, -0.05) is 23.7 Å². The van der Waals surface area contributed by atoms with Crippen molar-refractivity contribution in [3.63, 3.8) is 0 Å². The molecule has 0 bridgehead atoms. The second-order valence-electron chi connectivity index (χ2n) is 5.11. The Morgan fingerprint density at radius 3 is 2.57 bits per heavy atom. The zero-order valence-corrected chi connectivity index (χ0v) is 13.2. The molecular formula is C17H19ClN2O. The van der Waals surface area contributed by atoms with Crippen molar-refractivity contribution < 1.29 is 4.79 Å². The average molecular weight is 303 g/mol. The first-order chi connectivity index (χ1) is 9.97. The third-order valence-corrected chi connectivity index (χ3v) is 3.91. The fraction of sp³-hybridized carbons (Fsp3) is 0.235. The van der Waals surface area contributed by atoms with Gasteiger partial charge in [-0.3, -0.25) is 4.79 Å². The number of benzene rings is 2. The van der Waals surface area contributed by atoms with E-state index < -0.39 is 0 Å². The largest absolute Gasteiger partial charge is 0.376 e. The van der Waals surface area contributed by atoms with Gasteiger partial charge in [0.15, 0.2) is 0 Å². The van der Waals surface area contributed by atoms with Gasteiger partial charge >= 0.3 is 0 Å². The van der Waals surface area contributed by atoms with Crippen molar-refractivity contribution in [2.75, 3.05) is 17.2 Å². The lowest BCUT2D eigenvalue weighted by molar-refractivity contribution is -0.114. The van der Waals surface area contributed by atoms with E-state index in [4.69, 9.17) is 11.6 Å². The summed E-state index contributed by atoms with van der Waals surface area (Å²) >= 11 is 6.05. The van der Waals surface area contributed by atoms with Gasteiger partial charge in [0.05, 0.1) is 6.54 Å². The molecule has 0 radical (unpaired) electrons. The lowest BCUT2D eigenvalue weighted by Crippen LogP contribution is -2.22. The summed E-state index contributed by atoms with van der Waals surface area (Å²) in [7, 11) is 0. The number of nitrogens with one attached hydrogen (secondary N) is 2. The van der Waals surface area contributed by atoms with Crippen LogP contribution in [0.15, 0.2) is 36.4 Å². The van der Waals surface area contributed by atoms with Crippen molar-refractivity contribution in [2.45, 2.75) is 20.8 Å². The van der Waals surface area contributed by atoms with Crippen molar-refractivity contribution in [1.29, 1.82) is 0 Å². The Balaban J connectivity index is 1.96. The molecule has 2 aromatic rings. The standard InChI is InChI=1S/C17H19ClN2O/c1-11-7-8-14(9-12(11)2)20-17(21)10-19-16-6-4-5-15(18)13(16)3/h4-9,19H,10H2,1-3H3,(H,20,21). The van der Waals surface area contributed by atoms with Gasteiger partial charge in [-0.05, 0) is 61.7 Å². The summed E-state index contributed by atoms with van der Waals surface area (Å²) in [5.41, 5.74) is 5.00. The maximum Gasteiger partial charge on any atom is 0.243 e. The molecule has 2 aromatic carbocycles. The second kappa shape index (κ2) is 6.64. The first-order valence-corrected chi connectivity index (χ1v) is 7.21. The van der Waals surface area contributed by atoms with Gasteiger partial charge in [0.25, 0.3) is 0 Å². The van der Waals surface area contributed by atoms with Gasteiger partial charge in [0.2, 0.25) is 5.91 Å². The summed E-state index contributed by atoms with van der Waals surface area (Å²) in [6.45, 7) is 6.20. The summed E-state index contributed by atoms with van der Waals surface area (Å²) in [4.78, 5) is 12.0. The summed E-state index contributed by atoms with van der Waals surface area (Å²) in [5, 5.41) is 6.67. The molecule has 0 saturated heterocycles. The van der Waals surface area contributed by atoms with E-state index in [0.29, 0.717) is 5.02 Å². The first-order valence-electron chi connectivity index (χ1n) is 6.83. The molecule has 0 heterocycles. The van der Waals surface area contributed by atoms with Gasteiger partial charge in [0, 0.05) is 16.4 Å². The normalized spacial score (nSPS) is 10.3. The van der Waals surface area contributed by atoms with Gasteiger partial charge < -0.3 is 10.6 Å². The number of anilines is 2. The molecule has 3 nitrogen and oxygen atoms in total. The molecule has 0 aromatic heterocycles. The molecule has 2 N–H and O–H groups in total. The maximum absolute atomic E-state index is 12.0. The first kappa shape index (κ1) is 15.4. The number of hydrogen-bond donors (Lipinski definition) is 2. The highest BCUT2D eigenvalue weighted by Gasteiger charge is 2.06. The summed E-state index contributed by atoms with van der Waals surface area (Å²) in [6, 6.07) is 11.5. The molecule has 0 fully saturated rings. The Kier molecular flexibility index (Phi) is 4.86. The van der Waals surface area contributed by atoms with Crippen LogP contribution in [0.2, 0.25) is 5.02 Å². The molecule has 21 heavy (non-hydrogen) atoms. The Morgan fingerprint density at radius 1 is 1.10 bits per heavy atom. The van der Waals surface area contributed by atoms with Gasteiger partial charge in [-0.25, -0.2) is 0 Å². The van der Waals surface area contributed by atoms with Crippen molar-refractivity contribution >= 4 is 28.9 Å². The lowest BCUT2D eigenvalue weighted by Gasteiger charge is -2.11. The SMILES string of the molecule is Cc1ccc(NC(=O)CNc2cccc(Cl)c2C)cc1C. The van der Waals surface area contributed by atoms with Crippen LogP contribution in [0, 0.1) is 20.8 Å². The van der Waals surface area contributed by atoms with Crippen molar-refractivity contribution in [2.24, 2.45) is 0 Å². The lowest BCUT2D eigenvalue weighted by atomic mass is 10.1. The summed E-state index contributed by atoms with van der Waals surface area (Å²) in [5.74, 6) is -0.0855. The number of amides is 1. The number of rotatable bonds is 4. The van der Waals surface area contributed by atoms with Crippen LogP contribution in [0.1, 0.15) is 16.7 Å². The van der Waals surface area contributed by atoms with E-state index in [1.54, 1.807) is 0 Å². The van der Waals surface area contributed by atoms with Gasteiger partial charge in [0.1, 0.15) is 0 Å². The minimum atomic E-state index is -0.0855. The molecule has 0 spiro atoms. The molecule has 0 unspecified atom stereocenters. The van der Waals surface area contributed by atoms with Crippen LogP contribution in [0.4, 0.5) is 11.4 Å². The van der Waals surface area contributed by atoms with Crippen molar-refractivity contribution in [3.05, 3.63) is 58.1 Å². The Labute approximate surface area is 130 Å². The van der Waals surface area contributed by atoms with E-state index in [9.17, 15) is 4.79 Å². The summed E-state index contributed by atoms with van der Waals surface area (Å²) < 4.78 is 0. The number of aryl methyl sites for hydroxylation is 2. The molecule has 0 aliphatic heterocycles. The average Bonchev–Trinajstić information content (AvgIpc) is 2.44. The van der Waals surface area contributed by atoms with E-state index in [1.165, 1.54) is 5.56 Å². The number of carbonyl (C=O) groups excluding carboxylic acids is 1. The highest BCUT2D eigenvalue weighted by Crippen LogP contribution is 2.22.